The molecular formula is C10H19NO2. The zero-order valence-corrected chi connectivity index (χ0v) is 8.75. The minimum Gasteiger partial charge on any atom is -0.381 e. The quantitative estimate of drug-likeness (QED) is 0.648. The zero-order chi connectivity index (χ0) is 9.84. The largest absolute Gasteiger partial charge is 0.381 e. The highest BCUT2D eigenvalue weighted by Gasteiger charge is 2.24. The van der Waals surface area contributed by atoms with Crippen molar-refractivity contribution >= 4 is 5.91 Å². The van der Waals surface area contributed by atoms with Gasteiger partial charge < -0.3 is 9.64 Å². The Morgan fingerprint density at radius 1 is 1.46 bits per heavy atom. The van der Waals surface area contributed by atoms with Crippen LogP contribution in [-0.4, -0.2) is 37.1 Å². The maximum atomic E-state index is 11.0. The molecule has 0 radical (unpaired) electrons. The van der Waals surface area contributed by atoms with Gasteiger partial charge in [0.2, 0.25) is 5.91 Å². The Bertz CT molecular complexity index is 174. The molecule has 1 rings (SSSR count). The van der Waals surface area contributed by atoms with Gasteiger partial charge in [0.25, 0.3) is 0 Å². The first-order valence-electron chi connectivity index (χ1n) is 4.93. The lowest BCUT2D eigenvalue weighted by atomic mass is 9.92. The van der Waals surface area contributed by atoms with E-state index in [9.17, 15) is 4.79 Å². The average Bonchev–Trinajstić information content (AvgIpc) is 2.17. The van der Waals surface area contributed by atoms with Crippen molar-refractivity contribution in [1.82, 2.24) is 4.90 Å². The fraction of sp³-hybridized carbons (Fsp3) is 0.900. The molecule has 0 saturated carbocycles. The molecule has 0 aromatic carbocycles. The molecule has 0 aliphatic carbocycles. The molecule has 0 bridgehead atoms. The van der Waals surface area contributed by atoms with E-state index in [0.29, 0.717) is 12.0 Å². The third-order valence-electron chi connectivity index (χ3n) is 3.02. The van der Waals surface area contributed by atoms with Gasteiger partial charge in [-0.15, -0.1) is 0 Å². The highest BCUT2D eigenvalue weighted by molar-refractivity contribution is 5.73. The van der Waals surface area contributed by atoms with Crippen molar-refractivity contribution in [1.29, 1.82) is 0 Å². The number of hydrogen-bond acceptors (Lipinski definition) is 2. The van der Waals surface area contributed by atoms with Gasteiger partial charge in [-0.2, -0.15) is 0 Å². The van der Waals surface area contributed by atoms with Crippen molar-refractivity contribution in [2.24, 2.45) is 5.92 Å². The summed E-state index contributed by atoms with van der Waals surface area (Å²) in [6.07, 6.45) is 2.48. The Labute approximate surface area is 80.1 Å². The fourth-order valence-corrected chi connectivity index (χ4v) is 1.88. The SMILES string of the molecule is CO[C@H](C)C1CCN(C(C)=O)CC1. The second kappa shape index (κ2) is 4.61. The van der Waals surface area contributed by atoms with Crippen LogP contribution in [0.4, 0.5) is 0 Å². The monoisotopic (exact) mass is 185 g/mol. The molecule has 3 heteroatoms. The first kappa shape index (κ1) is 10.5. The Morgan fingerprint density at radius 2 is 2.00 bits per heavy atom. The lowest BCUT2D eigenvalue weighted by Crippen LogP contribution is -2.39. The van der Waals surface area contributed by atoms with E-state index in [1.807, 2.05) is 4.90 Å². The van der Waals surface area contributed by atoms with Crippen LogP contribution in [0.1, 0.15) is 26.7 Å². The number of rotatable bonds is 2. The maximum Gasteiger partial charge on any atom is 0.219 e. The van der Waals surface area contributed by atoms with Gasteiger partial charge in [0.05, 0.1) is 6.10 Å². The van der Waals surface area contributed by atoms with Gasteiger partial charge in [-0.25, -0.2) is 0 Å². The van der Waals surface area contributed by atoms with E-state index in [1.165, 1.54) is 0 Å². The maximum absolute atomic E-state index is 11.0. The molecule has 1 fully saturated rings. The Hall–Kier alpha value is -0.570. The number of carbonyl (C=O) groups excluding carboxylic acids is 1. The van der Waals surface area contributed by atoms with E-state index in [1.54, 1.807) is 14.0 Å². The van der Waals surface area contributed by atoms with Crippen LogP contribution < -0.4 is 0 Å². The molecule has 1 aliphatic heterocycles. The molecule has 0 aromatic rings. The van der Waals surface area contributed by atoms with Gasteiger partial charge >= 0.3 is 0 Å². The molecule has 13 heavy (non-hydrogen) atoms. The van der Waals surface area contributed by atoms with E-state index >= 15 is 0 Å². The van der Waals surface area contributed by atoms with Crippen LogP contribution in [0.25, 0.3) is 0 Å². The molecule has 1 aliphatic rings. The number of ether oxygens (including phenoxy) is 1. The second-order valence-electron chi connectivity index (χ2n) is 3.78. The van der Waals surface area contributed by atoms with Crippen LogP contribution in [0.15, 0.2) is 0 Å². The van der Waals surface area contributed by atoms with Crippen molar-refractivity contribution in [2.75, 3.05) is 20.2 Å². The van der Waals surface area contributed by atoms with Crippen LogP contribution in [0.5, 0.6) is 0 Å². The van der Waals surface area contributed by atoms with Gasteiger partial charge in [-0.3, -0.25) is 4.79 Å². The van der Waals surface area contributed by atoms with Crippen LogP contribution in [0.3, 0.4) is 0 Å². The summed E-state index contributed by atoms with van der Waals surface area (Å²) < 4.78 is 5.28. The van der Waals surface area contributed by atoms with E-state index < -0.39 is 0 Å². The summed E-state index contributed by atoms with van der Waals surface area (Å²) in [6, 6.07) is 0. The van der Waals surface area contributed by atoms with Crippen LogP contribution >= 0.6 is 0 Å². The van der Waals surface area contributed by atoms with Gasteiger partial charge in [-0.05, 0) is 25.7 Å². The van der Waals surface area contributed by atoms with Gasteiger partial charge in [0.15, 0.2) is 0 Å². The summed E-state index contributed by atoms with van der Waals surface area (Å²) in [4.78, 5) is 13.0. The number of nitrogens with zero attached hydrogens (tertiary/aromatic N) is 1. The van der Waals surface area contributed by atoms with Gasteiger partial charge in [0, 0.05) is 27.1 Å². The van der Waals surface area contributed by atoms with E-state index in [2.05, 4.69) is 6.92 Å². The van der Waals surface area contributed by atoms with Crippen molar-refractivity contribution in [3.8, 4) is 0 Å². The average molecular weight is 185 g/mol. The van der Waals surface area contributed by atoms with Gasteiger partial charge in [0.1, 0.15) is 0 Å². The summed E-state index contributed by atoms with van der Waals surface area (Å²) in [5.41, 5.74) is 0. The van der Waals surface area contributed by atoms with Crippen LogP contribution in [-0.2, 0) is 9.53 Å². The number of piperidine rings is 1. The van der Waals surface area contributed by atoms with Crippen molar-refractivity contribution in [2.45, 2.75) is 32.8 Å². The molecule has 1 amide bonds. The predicted molar refractivity (Wildman–Crippen MR) is 51.4 cm³/mol. The molecule has 0 N–H and O–H groups in total. The Kier molecular flexibility index (Phi) is 3.72. The molecular weight excluding hydrogens is 166 g/mol. The molecule has 1 saturated heterocycles. The highest BCUT2D eigenvalue weighted by atomic mass is 16.5. The molecule has 1 atom stereocenters. The standard InChI is InChI=1S/C10H19NO2/c1-8(13-3)10-4-6-11(7-5-10)9(2)12/h8,10H,4-7H2,1-3H3/t8-/m1/s1. The third kappa shape index (κ3) is 2.69. The minimum absolute atomic E-state index is 0.198. The molecule has 0 unspecified atom stereocenters. The Morgan fingerprint density at radius 3 is 2.38 bits per heavy atom. The zero-order valence-electron chi connectivity index (χ0n) is 8.75. The van der Waals surface area contributed by atoms with Gasteiger partial charge in [-0.1, -0.05) is 0 Å². The number of likely N-dealkylation sites (tertiary alicyclic amines) is 1. The summed E-state index contributed by atoms with van der Waals surface area (Å²) in [7, 11) is 1.75. The predicted octanol–water partition coefficient (Wildman–Crippen LogP) is 1.28. The number of amides is 1. The van der Waals surface area contributed by atoms with Crippen molar-refractivity contribution in [3.63, 3.8) is 0 Å². The smallest absolute Gasteiger partial charge is 0.219 e. The fourth-order valence-electron chi connectivity index (χ4n) is 1.88. The van der Waals surface area contributed by atoms with E-state index in [0.717, 1.165) is 25.9 Å². The molecule has 0 aromatic heterocycles. The Balaban J connectivity index is 2.34. The normalized spacial score (nSPS) is 21.6. The van der Waals surface area contributed by atoms with Crippen LogP contribution in [0.2, 0.25) is 0 Å². The topological polar surface area (TPSA) is 29.5 Å². The number of methoxy groups -OCH3 is 1. The summed E-state index contributed by atoms with van der Waals surface area (Å²) >= 11 is 0. The molecule has 1 heterocycles. The van der Waals surface area contributed by atoms with E-state index in [-0.39, 0.29) is 5.91 Å². The van der Waals surface area contributed by atoms with Crippen molar-refractivity contribution in [3.05, 3.63) is 0 Å². The first-order valence-corrected chi connectivity index (χ1v) is 4.93. The van der Waals surface area contributed by atoms with E-state index in [4.69, 9.17) is 4.74 Å². The molecule has 3 nitrogen and oxygen atoms in total. The summed E-state index contributed by atoms with van der Waals surface area (Å²) in [5.74, 6) is 0.823. The third-order valence-corrected chi connectivity index (χ3v) is 3.02. The van der Waals surface area contributed by atoms with Crippen molar-refractivity contribution < 1.29 is 9.53 Å². The lowest BCUT2D eigenvalue weighted by molar-refractivity contribution is -0.130. The number of carbonyl (C=O) groups is 1. The van der Waals surface area contributed by atoms with Crippen LogP contribution in [0, 0.1) is 5.92 Å². The second-order valence-corrected chi connectivity index (χ2v) is 3.78. The summed E-state index contributed by atoms with van der Waals surface area (Å²) in [6.45, 7) is 5.54. The lowest BCUT2D eigenvalue weighted by Gasteiger charge is -2.33. The highest BCUT2D eigenvalue weighted by Crippen LogP contribution is 2.21. The summed E-state index contributed by atoms with van der Waals surface area (Å²) in [5, 5.41) is 0. The first-order chi connectivity index (χ1) is 6.15. The molecule has 0 spiro atoms. The minimum atomic E-state index is 0.198. The molecule has 76 valence electrons. The number of hydrogen-bond donors (Lipinski definition) is 0.